The van der Waals surface area contributed by atoms with Crippen molar-refractivity contribution in [1.82, 2.24) is 4.98 Å². The summed E-state index contributed by atoms with van der Waals surface area (Å²) in [5.41, 5.74) is 1.31. The topological polar surface area (TPSA) is 95.0 Å². The van der Waals surface area contributed by atoms with Crippen molar-refractivity contribution in [2.45, 2.75) is 12.8 Å². The molecule has 0 spiro atoms. The molecule has 10 heteroatoms. The smallest absolute Gasteiger partial charge is 0.306 e. The van der Waals surface area contributed by atoms with Gasteiger partial charge in [0.05, 0.1) is 30.5 Å². The maximum absolute atomic E-state index is 13.9. The fraction of sp³-hybridized carbons (Fsp3) is 0.450. The summed E-state index contributed by atoms with van der Waals surface area (Å²) < 4.78 is 19.2. The molecule has 2 saturated heterocycles. The van der Waals surface area contributed by atoms with Crippen molar-refractivity contribution in [2.24, 2.45) is 5.92 Å². The second-order valence-corrected chi connectivity index (χ2v) is 8.17. The third kappa shape index (κ3) is 4.54. The average Bonchev–Trinajstić information content (AvgIpc) is 3.25. The fourth-order valence-corrected chi connectivity index (χ4v) is 4.57. The highest BCUT2D eigenvalue weighted by Crippen LogP contribution is 2.31. The molecule has 0 aliphatic carbocycles. The molecule has 4 rings (SSSR count). The van der Waals surface area contributed by atoms with E-state index in [0.717, 1.165) is 18.2 Å². The Kier molecular flexibility index (Phi) is 6.14. The number of carbonyl (C=O) groups is 2. The number of aliphatic carboxylic acids is 1. The van der Waals surface area contributed by atoms with Gasteiger partial charge in [-0.15, -0.1) is 11.3 Å². The number of piperidine rings is 1. The molecule has 0 saturated carbocycles. The molecule has 2 fully saturated rings. The van der Waals surface area contributed by atoms with Crippen LogP contribution in [0.1, 0.15) is 23.3 Å². The molecular formula is C20H23FN4O4S. The second kappa shape index (κ2) is 8.97. The van der Waals surface area contributed by atoms with Gasteiger partial charge >= 0.3 is 5.97 Å². The maximum atomic E-state index is 13.9. The molecule has 1 aromatic carbocycles. The number of anilines is 3. The average molecular weight is 434 g/mol. The van der Waals surface area contributed by atoms with Gasteiger partial charge in [0.2, 0.25) is 0 Å². The third-order valence-corrected chi connectivity index (χ3v) is 6.30. The SMILES string of the molecule is O=C(Nc1cc(F)ccc1N1CCC(C(=O)O)CC1)c1csc(N2CCOCC2)n1. The van der Waals surface area contributed by atoms with E-state index in [4.69, 9.17) is 4.74 Å². The van der Waals surface area contributed by atoms with Crippen LogP contribution in [0.4, 0.5) is 20.9 Å². The molecule has 2 aliphatic rings. The van der Waals surface area contributed by atoms with E-state index >= 15 is 0 Å². The number of rotatable bonds is 5. The van der Waals surface area contributed by atoms with Gasteiger partial charge in [0, 0.05) is 31.6 Å². The zero-order chi connectivity index (χ0) is 21.1. The summed E-state index contributed by atoms with van der Waals surface area (Å²) in [7, 11) is 0. The summed E-state index contributed by atoms with van der Waals surface area (Å²) in [5, 5.41) is 14.4. The van der Waals surface area contributed by atoms with Gasteiger partial charge in [0.15, 0.2) is 5.13 Å². The van der Waals surface area contributed by atoms with Crippen molar-refractivity contribution in [3.05, 3.63) is 35.1 Å². The molecule has 0 unspecified atom stereocenters. The van der Waals surface area contributed by atoms with Crippen LogP contribution in [-0.4, -0.2) is 61.4 Å². The van der Waals surface area contributed by atoms with Crippen LogP contribution in [0.15, 0.2) is 23.6 Å². The van der Waals surface area contributed by atoms with Crippen LogP contribution in [0.2, 0.25) is 0 Å². The molecule has 1 aromatic heterocycles. The quantitative estimate of drug-likeness (QED) is 0.747. The van der Waals surface area contributed by atoms with Crippen LogP contribution in [0, 0.1) is 11.7 Å². The zero-order valence-corrected chi connectivity index (χ0v) is 17.2. The van der Waals surface area contributed by atoms with E-state index in [0.29, 0.717) is 50.5 Å². The third-order valence-electron chi connectivity index (χ3n) is 5.40. The number of nitrogens with one attached hydrogen (secondary N) is 1. The summed E-state index contributed by atoms with van der Waals surface area (Å²) in [6.45, 7) is 3.79. The molecule has 30 heavy (non-hydrogen) atoms. The van der Waals surface area contributed by atoms with Crippen LogP contribution in [0.25, 0.3) is 0 Å². The summed E-state index contributed by atoms with van der Waals surface area (Å²) in [4.78, 5) is 32.4. The van der Waals surface area contributed by atoms with Crippen molar-refractivity contribution in [1.29, 1.82) is 0 Å². The number of thiazole rings is 1. The first-order valence-corrected chi connectivity index (χ1v) is 10.8. The molecule has 2 aliphatic heterocycles. The van der Waals surface area contributed by atoms with Crippen LogP contribution in [0.3, 0.4) is 0 Å². The Labute approximate surface area is 177 Å². The highest BCUT2D eigenvalue weighted by molar-refractivity contribution is 7.14. The van der Waals surface area contributed by atoms with Gasteiger partial charge in [-0.2, -0.15) is 0 Å². The number of halogens is 1. The number of benzene rings is 1. The number of carboxylic acids is 1. The first-order valence-electron chi connectivity index (χ1n) is 9.88. The van der Waals surface area contributed by atoms with E-state index in [-0.39, 0.29) is 11.6 Å². The Morgan fingerprint density at radius 2 is 1.90 bits per heavy atom. The van der Waals surface area contributed by atoms with Gasteiger partial charge in [-0.05, 0) is 31.0 Å². The molecule has 2 aromatic rings. The molecule has 160 valence electrons. The van der Waals surface area contributed by atoms with Crippen LogP contribution in [-0.2, 0) is 9.53 Å². The van der Waals surface area contributed by atoms with E-state index in [1.54, 1.807) is 11.4 Å². The van der Waals surface area contributed by atoms with Crippen molar-refractivity contribution in [3.8, 4) is 0 Å². The molecule has 0 radical (unpaired) electrons. The van der Waals surface area contributed by atoms with Gasteiger partial charge in [-0.25, -0.2) is 9.37 Å². The number of ether oxygens (including phenoxy) is 1. The van der Waals surface area contributed by atoms with E-state index in [2.05, 4.69) is 15.2 Å². The van der Waals surface area contributed by atoms with E-state index in [9.17, 15) is 19.1 Å². The predicted molar refractivity (Wildman–Crippen MR) is 112 cm³/mol. The Bertz CT molecular complexity index is 923. The monoisotopic (exact) mass is 434 g/mol. The Hall–Kier alpha value is -2.72. The molecule has 0 atom stereocenters. The number of morpholine rings is 1. The fourth-order valence-electron chi connectivity index (χ4n) is 3.71. The highest BCUT2D eigenvalue weighted by atomic mass is 32.1. The number of carbonyl (C=O) groups excluding carboxylic acids is 1. The number of aromatic nitrogens is 1. The normalized spacial score (nSPS) is 17.8. The maximum Gasteiger partial charge on any atom is 0.306 e. The minimum atomic E-state index is -0.790. The van der Waals surface area contributed by atoms with E-state index in [1.807, 2.05) is 4.90 Å². The van der Waals surface area contributed by atoms with Crippen molar-refractivity contribution in [2.75, 3.05) is 54.5 Å². The minimum absolute atomic E-state index is 0.279. The van der Waals surface area contributed by atoms with Crippen LogP contribution < -0.4 is 15.1 Å². The minimum Gasteiger partial charge on any atom is -0.481 e. The van der Waals surface area contributed by atoms with Gasteiger partial charge in [-0.3, -0.25) is 9.59 Å². The zero-order valence-electron chi connectivity index (χ0n) is 16.3. The van der Waals surface area contributed by atoms with Crippen molar-refractivity contribution >= 4 is 39.7 Å². The molecule has 2 N–H and O–H groups in total. The number of carboxylic acid groups (broad SMARTS) is 1. The second-order valence-electron chi connectivity index (χ2n) is 7.33. The lowest BCUT2D eigenvalue weighted by molar-refractivity contribution is -0.142. The van der Waals surface area contributed by atoms with Gasteiger partial charge in [0.25, 0.3) is 5.91 Å². The van der Waals surface area contributed by atoms with Gasteiger partial charge in [-0.1, -0.05) is 0 Å². The standard InChI is InChI=1S/C20H23FN4O4S/c21-14-1-2-17(24-5-3-13(4-6-24)19(27)28)15(11-14)22-18(26)16-12-30-20(23-16)25-7-9-29-10-8-25/h1-2,11-13H,3-10H2,(H,22,26)(H,27,28). The van der Waals surface area contributed by atoms with Crippen molar-refractivity contribution < 1.29 is 23.8 Å². The summed E-state index contributed by atoms with van der Waals surface area (Å²) in [6, 6.07) is 4.24. The van der Waals surface area contributed by atoms with Gasteiger partial charge < -0.3 is 25.0 Å². The number of nitrogens with zero attached hydrogens (tertiary/aromatic N) is 3. The Morgan fingerprint density at radius 3 is 2.60 bits per heavy atom. The number of hydrogen-bond acceptors (Lipinski definition) is 7. The first-order chi connectivity index (χ1) is 14.5. The summed E-state index contributed by atoms with van der Waals surface area (Å²) >= 11 is 1.39. The first kappa shape index (κ1) is 20.5. The summed E-state index contributed by atoms with van der Waals surface area (Å²) in [5.74, 6) is -2.02. The molecule has 0 bridgehead atoms. The van der Waals surface area contributed by atoms with Gasteiger partial charge in [0.1, 0.15) is 11.5 Å². The highest BCUT2D eigenvalue weighted by Gasteiger charge is 2.26. The lowest BCUT2D eigenvalue weighted by atomic mass is 9.96. The Balaban J connectivity index is 1.48. The molecule has 8 nitrogen and oxygen atoms in total. The number of hydrogen-bond donors (Lipinski definition) is 2. The van der Waals surface area contributed by atoms with Crippen molar-refractivity contribution in [3.63, 3.8) is 0 Å². The lowest BCUT2D eigenvalue weighted by Gasteiger charge is -2.33. The molecule has 1 amide bonds. The molecular weight excluding hydrogens is 411 g/mol. The van der Waals surface area contributed by atoms with E-state index < -0.39 is 17.7 Å². The van der Waals surface area contributed by atoms with Crippen LogP contribution >= 0.6 is 11.3 Å². The largest absolute Gasteiger partial charge is 0.481 e. The lowest BCUT2D eigenvalue weighted by Crippen LogP contribution is -2.37. The number of amides is 1. The van der Waals surface area contributed by atoms with Crippen LogP contribution in [0.5, 0.6) is 0 Å². The molecule has 3 heterocycles. The Morgan fingerprint density at radius 1 is 1.17 bits per heavy atom. The summed E-state index contributed by atoms with van der Waals surface area (Å²) in [6.07, 6.45) is 1.02. The predicted octanol–water partition coefficient (Wildman–Crippen LogP) is 2.67. The van der Waals surface area contributed by atoms with E-state index in [1.165, 1.54) is 23.5 Å².